The molecule has 0 aromatic rings. The van der Waals surface area contributed by atoms with Gasteiger partial charge in [0.05, 0.1) is 34.4 Å². The number of aliphatic carboxylic acids is 1. The smallest absolute Gasteiger partial charge is 0.362 e. The summed E-state index contributed by atoms with van der Waals surface area (Å²) in [5, 5.41) is 9.66. The third-order valence-electron chi connectivity index (χ3n) is 12.1. The van der Waals surface area contributed by atoms with E-state index in [0.717, 1.165) is 64.2 Å². The molecule has 372 valence electrons. The van der Waals surface area contributed by atoms with Gasteiger partial charge in [0.2, 0.25) is 0 Å². The SMILES string of the molecule is CCCCC/C=C/C=C/C=C/C=C/CCCCCCCC(=O)OC(COCCC(C(=O)O)[N+](C)(C)C)COC(=O)CCCCCCCCCCCCCCCCCCCCCCCC. The Morgan fingerprint density at radius 3 is 1.25 bits per heavy atom. The maximum Gasteiger partial charge on any atom is 0.362 e. The first kappa shape index (κ1) is 61.3. The molecule has 0 saturated heterocycles. The van der Waals surface area contributed by atoms with E-state index in [2.05, 4.69) is 62.5 Å². The van der Waals surface area contributed by atoms with Gasteiger partial charge in [0.1, 0.15) is 6.61 Å². The number of esters is 2. The number of carboxylic acid groups (broad SMARTS) is 1. The number of carboxylic acids is 1. The molecular formula is C56H102NO7+. The van der Waals surface area contributed by atoms with E-state index in [0.29, 0.717) is 19.3 Å². The molecule has 0 fully saturated rings. The van der Waals surface area contributed by atoms with Crippen molar-refractivity contribution in [3.05, 3.63) is 48.6 Å². The second-order valence-electron chi connectivity index (χ2n) is 19.2. The van der Waals surface area contributed by atoms with E-state index in [9.17, 15) is 19.5 Å². The molecule has 2 unspecified atom stereocenters. The van der Waals surface area contributed by atoms with E-state index >= 15 is 0 Å². The molecule has 0 amide bonds. The van der Waals surface area contributed by atoms with Crippen LogP contribution in [0.1, 0.15) is 239 Å². The Hall–Kier alpha value is -2.71. The Bertz CT molecular complexity index is 1190. The van der Waals surface area contributed by atoms with E-state index in [4.69, 9.17) is 14.2 Å². The number of ether oxygens (including phenoxy) is 3. The molecule has 0 radical (unpaired) electrons. The lowest BCUT2D eigenvalue weighted by Gasteiger charge is -2.31. The molecular weight excluding hydrogens is 799 g/mol. The van der Waals surface area contributed by atoms with Crippen LogP contribution in [0.3, 0.4) is 0 Å². The average Bonchev–Trinajstić information content (AvgIpc) is 3.26. The molecule has 0 spiro atoms. The zero-order valence-corrected chi connectivity index (χ0v) is 42.5. The summed E-state index contributed by atoms with van der Waals surface area (Å²) in [6.45, 7) is 4.71. The van der Waals surface area contributed by atoms with Crippen LogP contribution in [-0.2, 0) is 28.6 Å². The van der Waals surface area contributed by atoms with Crippen LogP contribution < -0.4 is 0 Å². The van der Waals surface area contributed by atoms with Gasteiger partial charge >= 0.3 is 17.9 Å². The van der Waals surface area contributed by atoms with Crippen molar-refractivity contribution < 1.29 is 38.2 Å². The number of allylic oxidation sites excluding steroid dienone is 8. The third-order valence-corrected chi connectivity index (χ3v) is 12.1. The molecule has 0 saturated carbocycles. The molecule has 64 heavy (non-hydrogen) atoms. The van der Waals surface area contributed by atoms with Gasteiger partial charge in [0.25, 0.3) is 0 Å². The normalized spacial score (nSPS) is 13.2. The van der Waals surface area contributed by atoms with E-state index in [1.165, 1.54) is 141 Å². The number of hydrogen-bond donors (Lipinski definition) is 1. The fourth-order valence-corrected chi connectivity index (χ4v) is 7.93. The standard InChI is InChI=1S/C56H101NO7/c1-6-8-10-12-14-16-18-20-22-24-26-27-28-29-31-32-34-36-38-40-42-44-46-54(58)63-51-52(50-62-49-48-53(56(60)61)57(3,4)5)64-55(59)47-45-43-41-39-37-35-33-30-25-23-21-19-17-15-13-11-9-7-2/h15,17,19,21,23,25,30,33,52-53H,6-14,16,18,20,22,24,26-29,31-32,34-51H2,1-5H3/p+1/b17-15+,21-19+,25-23+,33-30+. The maximum absolute atomic E-state index is 12.8. The van der Waals surface area contributed by atoms with Crippen molar-refractivity contribution in [2.24, 2.45) is 0 Å². The van der Waals surface area contributed by atoms with Crippen molar-refractivity contribution in [3.8, 4) is 0 Å². The number of quaternary nitrogens is 1. The summed E-state index contributed by atoms with van der Waals surface area (Å²) in [6, 6.07) is -0.620. The minimum atomic E-state index is -0.878. The lowest BCUT2D eigenvalue weighted by molar-refractivity contribution is -0.887. The molecule has 8 heteroatoms. The predicted octanol–water partition coefficient (Wildman–Crippen LogP) is 15.5. The zero-order chi connectivity index (χ0) is 47.0. The van der Waals surface area contributed by atoms with Crippen LogP contribution >= 0.6 is 0 Å². The van der Waals surface area contributed by atoms with Crippen molar-refractivity contribution in [1.82, 2.24) is 0 Å². The quantitative estimate of drug-likeness (QED) is 0.0281. The van der Waals surface area contributed by atoms with Gasteiger partial charge in [-0.1, -0.05) is 229 Å². The Labute approximate surface area is 395 Å². The highest BCUT2D eigenvalue weighted by atomic mass is 16.6. The Morgan fingerprint density at radius 1 is 0.469 bits per heavy atom. The summed E-state index contributed by atoms with van der Waals surface area (Å²) in [7, 11) is 5.53. The third kappa shape index (κ3) is 44.5. The Kier molecular flexibility index (Phi) is 44.8. The molecule has 0 heterocycles. The highest BCUT2D eigenvalue weighted by Gasteiger charge is 2.31. The molecule has 1 N–H and O–H groups in total. The molecule has 0 bridgehead atoms. The molecule has 0 rings (SSSR count). The van der Waals surface area contributed by atoms with E-state index < -0.39 is 18.1 Å². The number of hydrogen-bond acceptors (Lipinski definition) is 6. The van der Waals surface area contributed by atoms with Crippen molar-refractivity contribution in [2.75, 3.05) is 41.0 Å². The molecule has 0 aromatic carbocycles. The number of likely N-dealkylation sites (N-methyl/N-ethyl adjacent to an activating group) is 1. The van der Waals surface area contributed by atoms with Gasteiger partial charge in [-0.3, -0.25) is 9.59 Å². The number of unbranched alkanes of at least 4 members (excludes halogenated alkanes) is 29. The van der Waals surface area contributed by atoms with Gasteiger partial charge in [-0.25, -0.2) is 4.79 Å². The van der Waals surface area contributed by atoms with Crippen LogP contribution in [-0.4, -0.2) is 80.6 Å². The molecule has 0 aliphatic heterocycles. The van der Waals surface area contributed by atoms with Gasteiger partial charge in [0.15, 0.2) is 12.1 Å². The summed E-state index contributed by atoms with van der Waals surface area (Å²) in [5.41, 5.74) is 0. The Morgan fingerprint density at radius 2 is 0.828 bits per heavy atom. The number of carbonyl (C=O) groups excluding carboxylic acids is 2. The molecule has 0 aliphatic carbocycles. The minimum Gasteiger partial charge on any atom is -0.477 e. The van der Waals surface area contributed by atoms with Crippen LogP contribution in [0.15, 0.2) is 48.6 Å². The second kappa shape index (κ2) is 46.8. The highest BCUT2D eigenvalue weighted by molar-refractivity contribution is 5.72. The van der Waals surface area contributed by atoms with Crippen LogP contribution in [0.25, 0.3) is 0 Å². The van der Waals surface area contributed by atoms with Crippen molar-refractivity contribution >= 4 is 17.9 Å². The lowest BCUT2D eigenvalue weighted by atomic mass is 10.0. The Balaban J connectivity index is 4.23. The highest BCUT2D eigenvalue weighted by Crippen LogP contribution is 2.17. The predicted molar refractivity (Wildman–Crippen MR) is 271 cm³/mol. The summed E-state index contributed by atoms with van der Waals surface area (Å²) in [4.78, 5) is 37.2. The fourth-order valence-electron chi connectivity index (χ4n) is 7.93. The molecule has 0 aliphatic rings. The average molecular weight is 901 g/mol. The van der Waals surface area contributed by atoms with E-state index in [1.54, 1.807) is 0 Å². The van der Waals surface area contributed by atoms with Crippen molar-refractivity contribution in [3.63, 3.8) is 0 Å². The van der Waals surface area contributed by atoms with Gasteiger partial charge in [-0.15, -0.1) is 0 Å². The minimum absolute atomic E-state index is 0.0526. The fraction of sp³-hybridized carbons (Fsp3) is 0.804. The van der Waals surface area contributed by atoms with Gasteiger partial charge in [0, 0.05) is 19.3 Å². The van der Waals surface area contributed by atoms with E-state index in [1.807, 2.05) is 21.1 Å². The molecule has 2 atom stereocenters. The number of carbonyl (C=O) groups is 3. The van der Waals surface area contributed by atoms with Gasteiger partial charge in [-0.2, -0.15) is 0 Å². The topological polar surface area (TPSA) is 99.1 Å². The van der Waals surface area contributed by atoms with Gasteiger partial charge < -0.3 is 23.8 Å². The van der Waals surface area contributed by atoms with Crippen LogP contribution in [0.4, 0.5) is 0 Å². The zero-order valence-electron chi connectivity index (χ0n) is 42.5. The van der Waals surface area contributed by atoms with E-state index in [-0.39, 0.29) is 36.2 Å². The number of rotatable bonds is 48. The summed E-state index contributed by atoms with van der Waals surface area (Å²) in [6.07, 6.45) is 57.3. The largest absolute Gasteiger partial charge is 0.477 e. The van der Waals surface area contributed by atoms with Crippen LogP contribution in [0, 0.1) is 0 Å². The first-order valence-corrected chi connectivity index (χ1v) is 26.7. The van der Waals surface area contributed by atoms with Gasteiger partial charge in [-0.05, 0) is 38.5 Å². The molecule has 0 aromatic heterocycles. The number of nitrogens with zero attached hydrogens (tertiary/aromatic N) is 1. The monoisotopic (exact) mass is 901 g/mol. The maximum atomic E-state index is 12.8. The summed E-state index contributed by atoms with van der Waals surface area (Å²) in [5.74, 6) is -1.49. The van der Waals surface area contributed by atoms with Crippen molar-refractivity contribution in [1.29, 1.82) is 0 Å². The summed E-state index contributed by atoms with van der Waals surface area (Å²) >= 11 is 0. The van der Waals surface area contributed by atoms with Crippen LogP contribution in [0.2, 0.25) is 0 Å². The van der Waals surface area contributed by atoms with Crippen LogP contribution in [0.5, 0.6) is 0 Å². The summed E-state index contributed by atoms with van der Waals surface area (Å²) < 4.78 is 17.4. The van der Waals surface area contributed by atoms with Crippen molar-refractivity contribution in [2.45, 2.75) is 251 Å². The lowest BCUT2D eigenvalue weighted by Crippen LogP contribution is -2.50. The molecule has 8 nitrogen and oxygen atoms in total. The first-order valence-electron chi connectivity index (χ1n) is 26.7. The second-order valence-corrected chi connectivity index (χ2v) is 19.2. The first-order chi connectivity index (χ1) is 31.1.